The van der Waals surface area contributed by atoms with Gasteiger partial charge in [0.15, 0.2) is 5.65 Å². The highest BCUT2D eigenvalue weighted by molar-refractivity contribution is 5.94. The first-order chi connectivity index (χ1) is 6.18. The molecule has 0 aliphatic carbocycles. The lowest BCUT2D eigenvalue weighted by molar-refractivity contribution is 0.0698. The Kier molecular flexibility index (Phi) is 6.76. The molecule has 0 aromatic carbocycles. The Morgan fingerprint density at radius 2 is 2.06 bits per heavy atom. The van der Waals surface area contributed by atoms with Gasteiger partial charge in [-0.2, -0.15) is 0 Å². The SMILES string of the molecule is Cc1cn2cccc(C(=O)O)c2n1.Cl.Cl.O. The lowest BCUT2D eigenvalue weighted by Gasteiger charge is -1.96. The predicted octanol–water partition coefficient (Wildman–Crippen LogP) is 1.36. The number of aromatic carboxylic acids is 1. The van der Waals surface area contributed by atoms with Crippen LogP contribution in [-0.2, 0) is 0 Å². The van der Waals surface area contributed by atoms with Gasteiger partial charge in [0.25, 0.3) is 0 Å². The van der Waals surface area contributed by atoms with E-state index in [9.17, 15) is 4.79 Å². The molecule has 2 heterocycles. The van der Waals surface area contributed by atoms with Crippen molar-refractivity contribution in [3.05, 3.63) is 35.8 Å². The molecule has 0 aliphatic rings. The Morgan fingerprint density at radius 1 is 1.44 bits per heavy atom. The van der Waals surface area contributed by atoms with E-state index in [0.717, 1.165) is 5.69 Å². The van der Waals surface area contributed by atoms with Crippen molar-refractivity contribution in [1.29, 1.82) is 0 Å². The van der Waals surface area contributed by atoms with Crippen molar-refractivity contribution in [3.63, 3.8) is 0 Å². The minimum absolute atomic E-state index is 0. The third-order valence-corrected chi connectivity index (χ3v) is 1.83. The molecule has 0 aliphatic heterocycles. The molecule has 0 bridgehead atoms. The van der Waals surface area contributed by atoms with E-state index >= 15 is 0 Å². The molecule has 7 heteroatoms. The molecule has 0 saturated heterocycles. The number of aryl methyl sites for hydroxylation is 1. The van der Waals surface area contributed by atoms with Gasteiger partial charge in [-0.1, -0.05) is 0 Å². The molecule has 0 spiro atoms. The molecule has 0 saturated carbocycles. The second kappa shape index (κ2) is 6.32. The number of carbonyl (C=O) groups is 1. The van der Waals surface area contributed by atoms with E-state index < -0.39 is 5.97 Å². The van der Waals surface area contributed by atoms with Crippen molar-refractivity contribution in [2.24, 2.45) is 0 Å². The van der Waals surface area contributed by atoms with E-state index in [0.29, 0.717) is 5.65 Å². The number of nitrogens with zero attached hydrogens (tertiary/aromatic N) is 2. The molecule has 0 radical (unpaired) electrons. The Balaban J connectivity index is 0. The smallest absolute Gasteiger partial charge is 0.339 e. The first kappa shape index (κ1) is 17.1. The third-order valence-electron chi connectivity index (χ3n) is 1.83. The summed E-state index contributed by atoms with van der Waals surface area (Å²) >= 11 is 0. The van der Waals surface area contributed by atoms with Gasteiger partial charge in [-0.3, -0.25) is 0 Å². The second-order valence-corrected chi connectivity index (χ2v) is 2.84. The molecule has 2 aromatic heterocycles. The normalized spacial score (nSPS) is 8.56. The van der Waals surface area contributed by atoms with Crippen molar-refractivity contribution in [2.45, 2.75) is 6.92 Å². The van der Waals surface area contributed by atoms with E-state index in [4.69, 9.17) is 5.11 Å². The van der Waals surface area contributed by atoms with Gasteiger partial charge in [-0.15, -0.1) is 24.8 Å². The molecule has 0 fully saturated rings. The Labute approximate surface area is 104 Å². The summed E-state index contributed by atoms with van der Waals surface area (Å²) in [7, 11) is 0. The maximum Gasteiger partial charge on any atom is 0.339 e. The Hall–Kier alpha value is -1.30. The van der Waals surface area contributed by atoms with Crippen molar-refractivity contribution in [3.8, 4) is 0 Å². The number of carboxylic acids is 1. The average Bonchev–Trinajstić information content (AvgIpc) is 2.43. The zero-order valence-electron chi connectivity index (χ0n) is 8.38. The van der Waals surface area contributed by atoms with E-state index in [2.05, 4.69) is 4.98 Å². The van der Waals surface area contributed by atoms with Gasteiger partial charge in [0.05, 0.1) is 5.69 Å². The van der Waals surface area contributed by atoms with E-state index in [1.807, 2.05) is 6.92 Å². The van der Waals surface area contributed by atoms with Gasteiger partial charge in [0.2, 0.25) is 0 Å². The number of halogens is 2. The highest BCUT2D eigenvalue weighted by atomic mass is 35.5. The highest BCUT2D eigenvalue weighted by Gasteiger charge is 2.09. The first-order valence-electron chi connectivity index (χ1n) is 3.86. The summed E-state index contributed by atoms with van der Waals surface area (Å²) in [6, 6.07) is 3.24. The number of imidazole rings is 1. The average molecular weight is 267 g/mol. The second-order valence-electron chi connectivity index (χ2n) is 2.84. The Bertz CT molecular complexity index is 485. The highest BCUT2D eigenvalue weighted by Crippen LogP contribution is 2.10. The van der Waals surface area contributed by atoms with Gasteiger partial charge in [0.1, 0.15) is 5.56 Å². The summed E-state index contributed by atoms with van der Waals surface area (Å²) < 4.78 is 1.71. The van der Waals surface area contributed by atoms with Gasteiger partial charge < -0.3 is 15.0 Å². The zero-order valence-corrected chi connectivity index (χ0v) is 10.0. The lowest BCUT2D eigenvalue weighted by Crippen LogP contribution is -1.99. The van der Waals surface area contributed by atoms with Crippen LogP contribution in [0.2, 0.25) is 0 Å². The van der Waals surface area contributed by atoms with Crippen LogP contribution in [-0.4, -0.2) is 25.9 Å². The van der Waals surface area contributed by atoms with E-state index in [1.165, 1.54) is 0 Å². The van der Waals surface area contributed by atoms with Crippen molar-refractivity contribution >= 4 is 36.4 Å². The summed E-state index contributed by atoms with van der Waals surface area (Å²) in [6.07, 6.45) is 3.57. The van der Waals surface area contributed by atoms with Crippen LogP contribution in [0, 0.1) is 6.92 Å². The van der Waals surface area contributed by atoms with Crippen molar-refractivity contribution in [2.75, 3.05) is 0 Å². The number of hydrogen-bond acceptors (Lipinski definition) is 2. The summed E-state index contributed by atoms with van der Waals surface area (Å²) in [6.45, 7) is 1.83. The molecule has 2 rings (SSSR count). The van der Waals surface area contributed by atoms with Crippen LogP contribution < -0.4 is 0 Å². The summed E-state index contributed by atoms with van der Waals surface area (Å²) in [5.74, 6) is -0.948. The van der Waals surface area contributed by atoms with Crippen LogP contribution in [0.4, 0.5) is 0 Å². The molecular formula is C9H12Cl2N2O3. The van der Waals surface area contributed by atoms with Crippen LogP contribution in [0.15, 0.2) is 24.5 Å². The molecule has 5 nitrogen and oxygen atoms in total. The fraction of sp³-hybridized carbons (Fsp3) is 0.111. The summed E-state index contributed by atoms with van der Waals surface area (Å²) in [5, 5.41) is 8.84. The molecule has 3 N–H and O–H groups in total. The lowest BCUT2D eigenvalue weighted by atomic mass is 10.3. The van der Waals surface area contributed by atoms with Crippen molar-refractivity contribution in [1.82, 2.24) is 9.38 Å². The van der Waals surface area contributed by atoms with Crippen LogP contribution in [0.5, 0.6) is 0 Å². The monoisotopic (exact) mass is 266 g/mol. The number of rotatable bonds is 1. The number of carboxylic acid groups (broad SMARTS) is 1. The molecule has 16 heavy (non-hydrogen) atoms. The van der Waals surface area contributed by atoms with E-state index in [1.54, 1.807) is 28.9 Å². The zero-order chi connectivity index (χ0) is 9.42. The maximum absolute atomic E-state index is 10.8. The maximum atomic E-state index is 10.8. The summed E-state index contributed by atoms with van der Waals surface area (Å²) in [5.41, 5.74) is 1.54. The first-order valence-corrected chi connectivity index (χ1v) is 3.86. The fourth-order valence-electron chi connectivity index (χ4n) is 1.30. The number of aromatic nitrogens is 2. The van der Waals surface area contributed by atoms with Crippen molar-refractivity contribution < 1.29 is 15.4 Å². The third kappa shape index (κ3) is 2.85. The predicted molar refractivity (Wildman–Crippen MR) is 65.0 cm³/mol. The largest absolute Gasteiger partial charge is 0.478 e. The van der Waals surface area contributed by atoms with Crippen LogP contribution in [0.3, 0.4) is 0 Å². The number of fused-ring (bicyclic) bond motifs is 1. The quantitative estimate of drug-likeness (QED) is 0.846. The molecule has 0 unspecified atom stereocenters. The van der Waals surface area contributed by atoms with Gasteiger partial charge in [-0.05, 0) is 19.1 Å². The Morgan fingerprint density at radius 3 is 2.62 bits per heavy atom. The molecule has 0 atom stereocenters. The van der Waals surface area contributed by atoms with Crippen LogP contribution in [0.25, 0.3) is 5.65 Å². The van der Waals surface area contributed by atoms with Crippen LogP contribution >= 0.6 is 24.8 Å². The number of pyridine rings is 1. The molecular weight excluding hydrogens is 255 g/mol. The number of hydrogen-bond donors (Lipinski definition) is 1. The van der Waals surface area contributed by atoms with Gasteiger partial charge in [-0.25, -0.2) is 9.78 Å². The van der Waals surface area contributed by atoms with E-state index in [-0.39, 0.29) is 35.9 Å². The topological polar surface area (TPSA) is 86.1 Å². The van der Waals surface area contributed by atoms with Gasteiger partial charge >= 0.3 is 5.97 Å². The molecule has 0 amide bonds. The van der Waals surface area contributed by atoms with Crippen LogP contribution in [0.1, 0.15) is 16.1 Å². The minimum Gasteiger partial charge on any atom is -0.478 e. The fourth-order valence-corrected chi connectivity index (χ4v) is 1.30. The van der Waals surface area contributed by atoms with Gasteiger partial charge in [0, 0.05) is 12.4 Å². The molecule has 2 aromatic rings. The standard InChI is InChI=1S/C9H8N2O2.2ClH.H2O/c1-6-5-11-4-2-3-7(9(12)13)8(11)10-6;;;/h2-5H,1H3,(H,12,13);2*1H;1H2. The summed E-state index contributed by atoms with van der Waals surface area (Å²) in [4.78, 5) is 14.9. The minimum atomic E-state index is -0.948. The molecule has 90 valence electrons.